The van der Waals surface area contributed by atoms with Crippen molar-refractivity contribution in [1.82, 2.24) is 9.80 Å². The number of para-hydroxylation sites is 2. The third-order valence-electron chi connectivity index (χ3n) is 17.7. The van der Waals surface area contributed by atoms with E-state index in [-0.39, 0.29) is 50.7 Å². The first-order chi connectivity index (χ1) is 24.9. The van der Waals surface area contributed by atoms with E-state index in [1.165, 1.54) is 29.7 Å². The van der Waals surface area contributed by atoms with E-state index in [4.69, 9.17) is 18.9 Å². The largest absolute Gasteiger partial charge is 0.495 e. The zero-order valence-corrected chi connectivity index (χ0v) is 29.8. The molecule has 3 aliphatic carbocycles. The number of piperidine rings is 3. The lowest BCUT2D eigenvalue weighted by Crippen LogP contribution is -2.79. The van der Waals surface area contributed by atoms with Gasteiger partial charge in [-0.2, -0.15) is 0 Å². The van der Waals surface area contributed by atoms with E-state index in [2.05, 4.69) is 62.9 Å². The molecule has 0 bridgehead atoms. The van der Waals surface area contributed by atoms with Crippen LogP contribution in [-0.4, -0.2) is 99.2 Å². The molecule has 2 aromatic carbocycles. The Kier molecular flexibility index (Phi) is 5.17. The van der Waals surface area contributed by atoms with E-state index < -0.39 is 0 Å². The molecular formula is C42H48N4O5. The van der Waals surface area contributed by atoms with Gasteiger partial charge in [0.25, 0.3) is 0 Å². The molecule has 11 atom stereocenters. The molecule has 2 N–H and O–H groups in total. The number of nitrogens with zero attached hydrogens (tertiary/aromatic N) is 2. The fourth-order valence-corrected chi connectivity index (χ4v) is 17.0. The van der Waals surface area contributed by atoms with Crippen molar-refractivity contribution in [3.05, 3.63) is 64.9 Å². The Balaban J connectivity index is 1.08. The van der Waals surface area contributed by atoms with Gasteiger partial charge in [0.2, 0.25) is 0 Å². The molecule has 8 heterocycles. The van der Waals surface area contributed by atoms with Crippen LogP contribution in [0.15, 0.2) is 53.7 Å². The quantitative estimate of drug-likeness (QED) is 0.432. The average molecular weight is 689 g/mol. The second-order valence-electron chi connectivity index (χ2n) is 18.4. The van der Waals surface area contributed by atoms with Gasteiger partial charge in [-0.15, -0.1) is 0 Å². The minimum atomic E-state index is -0.268. The van der Waals surface area contributed by atoms with Crippen LogP contribution in [0.3, 0.4) is 0 Å². The van der Waals surface area contributed by atoms with Gasteiger partial charge < -0.3 is 29.6 Å². The number of methoxy groups -OCH3 is 2. The fraction of sp³-hybridized carbons (Fsp3) is 0.643. The molecule has 11 aliphatic rings. The number of ether oxygens (including phenoxy) is 4. The summed E-state index contributed by atoms with van der Waals surface area (Å²) >= 11 is 0. The third-order valence-corrected chi connectivity index (χ3v) is 17.7. The molecule has 2 aromatic rings. The second kappa shape index (κ2) is 8.98. The molecule has 2 saturated carbocycles. The van der Waals surface area contributed by atoms with Gasteiger partial charge >= 0.3 is 5.97 Å². The minimum Gasteiger partial charge on any atom is -0.495 e. The summed E-state index contributed by atoms with van der Waals surface area (Å²) in [5.41, 5.74) is 6.45. The lowest BCUT2D eigenvalue weighted by Gasteiger charge is -2.68. The summed E-state index contributed by atoms with van der Waals surface area (Å²) in [4.78, 5) is 19.9. The van der Waals surface area contributed by atoms with Crippen molar-refractivity contribution in [2.24, 2.45) is 22.2 Å². The van der Waals surface area contributed by atoms with Crippen LogP contribution in [0.4, 0.5) is 11.4 Å². The normalized spacial score (nSPS) is 48.5. The molecule has 13 rings (SSSR count). The number of hydrogen-bond acceptors (Lipinski definition) is 9. The molecule has 5 spiro atoms. The fourth-order valence-electron chi connectivity index (χ4n) is 17.0. The van der Waals surface area contributed by atoms with Crippen molar-refractivity contribution in [3.8, 4) is 5.75 Å². The van der Waals surface area contributed by atoms with Crippen LogP contribution in [0, 0.1) is 22.2 Å². The summed E-state index contributed by atoms with van der Waals surface area (Å²) < 4.78 is 26.0. The first kappa shape index (κ1) is 29.4. The number of anilines is 2. The number of hydrogen-bond donors (Lipinski definition) is 2. The van der Waals surface area contributed by atoms with E-state index in [9.17, 15) is 4.79 Å². The summed E-state index contributed by atoms with van der Waals surface area (Å²) in [7, 11) is 3.40. The summed E-state index contributed by atoms with van der Waals surface area (Å²) in [5.74, 6) is 1.28. The van der Waals surface area contributed by atoms with Crippen LogP contribution in [0.5, 0.6) is 5.75 Å². The van der Waals surface area contributed by atoms with Crippen molar-refractivity contribution in [1.29, 1.82) is 0 Å². The molecule has 51 heavy (non-hydrogen) atoms. The second-order valence-corrected chi connectivity index (χ2v) is 18.4. The maximum absolute atomic E-state index is 14.1. The number of nitrogens with one attached hydrogen (secondary N) is 2. The van der Waals surface area contributed by atoms with Crippen molar-refractivity contribution in [2.45, 2.75) is 92.0 Å². The SMILES string of the molecule is COC(=O)C1=C2Nc3ccccc3[C@@]23CCN2C[C@]4(C[C@@H]5C[C@]67CCO[C@H]6CCN6CC[C@@]48c4cccc(OC)c4N[C@]58[C@@H]67)[C@@H]4OCC[C@]4(C1)[C@H]23. The Morgan fingerprint density at radius 2 is 1.73 bits per heavy atom. The predicted octanol–water partition coefficient (Wildman–Crippen LogP) is 4.82. The van der Waals surface area contributed by atoms with Crippen LogP contribution in [-0.2, 0) is 29.8 Å². The molecule has 9 heteroatoms. The van der Waals surface area contributed by atoms with E-state index in [1.807, 2.05) is 7.11 Å². The number of rotatable bonds is 2. The maximum atomic E-state index is 14.1. The van der Waals surface area contributed by atoms with E-state index in [1.54, 1.807) is 7.11 Å². The van der Waals surface area contributed by atoms with E-state index in [0.717, 1.165) is 94.2 Å². The van der Waals surface area contributed by atoms with Gasteiger partial charge in [0.15, 0.2) is 0 Å². The number of carbonyl (C=O) groups excluding carboxylic acids is 1. The number of carbonyl (C=O) groups is 1. The van der Waals surface area contributed by atoms with Crippen LogP contribution >= 0.6 is 0 Å². The average Bonchev–Trinajstić information content (AvgIpc) is 4.01. The molecule has 8 fully saturated rings. The highest BCUT2D eigenvalue weighted by molar-refractivity contribution is 5.93. The topological polar surface area (TPSA) is 84.5 Å². The van der Waals surface area contributed by atoms with Crippen molar-refractivity contribution in [3.63, 3.8) is 0 Å². The highest BCUT2D eigenvalue weighted by Crippen LogP contribution is 2.84. The first-order valence-corrected chi connectivity index (χ1v) is 19.8. The van der Waals surface area contributed by atoms with Crippen LogP contribution in [0.25, 0.3) is 0 Å². The van der Waals surface area contributed by atoms with Crippen LogP contribution in [0.2, 0.25) is 0 Å². The lowest BCUT2D eigenvalue weighted by molar-refractivity contribution is -0.191. The van der Waals surface area contributed by atoms with Gasteiger partial charge in [0.05, 0.1) is 48.6 Å². The van der Waals surface area contributed by atoms with Gasteiger partial charge in [0.1, 0.15) is 5.75 Å². The van der Waals surface area contributed by atoms with Crippen molar-refractivity contribution < 1.29 is 23.7 Å². The van der Waals surface area contributed by atoms with Crippen molar-refractivity contribution >= 4 is 17.3 Å². The highest BCUT2D eigenvalue weighted by atomic mass is 16.5. The smallest absolute Gasteiger partial charge is 0.335 e. The molecule has 8 aliphatic heterocycles. The molecule has 0 radical (unpaired) electrons. The van der Waals surface area contributed by atoms with Crippen LogP contribution in [0.1, 0.15) is 62.5 Å². The molecular weight excluding hydrogens is 640 g/mol. The Hall–Kier alpha value is -3.11. The zero-order chi connectivity index (χ0) is 33.8. The summed E-state index contributed by atoms with van der Waals surface area (Å²) in [6.45, 7) is 5.91. The Labute approximate surface area is 299 Å². The monoisotopic (exact) mass is 688 g/mol. The standard InChI is InChI=1S/C42H48N4O5/c1-48-29-9-5-7-27-31(29)44-42-24-20-37-13-18-50-30(37)10-15-45(35(37)42)17-12-41(27,42)39(21-24)23-46-16-11-40-26-6-3-4-8-28(26)43-32(40)25(33(47)49-2)22-38(34(40)46)14-19-51-36(38)39/h3-9,24,30,34-36,43-44H,10-23H2,1-2H3/t24-,30-,34-,35-,36+,37+,38-,39+,40-,41+,42-/m0/s1. The van der Waals surface area contributed by atoms with E-state index in [0.29, 0.717) is 24.5 Å². The molecule has 6 saturated heterocycles. The molecule has 0 aromatic heterocycles. The third kappa shape index (κ3) is 2.73. The highest BCUT2D eigenvalue weighted by Gasteiger charge is 2.89. The lowest BCUT2D eigenvalue weighted by atomic mass is 9.42. The van der Waals surface area contributed by atoms with Crippen molar-refractivity contribution in [2.75, 3.05) is 64.2 Å². The first-order valence-electron chi connectivity index (χ1n) is 19.8. The number of fused-ring (bicyclic) bond motifs is 3. The summed E-state index contributed by atoms with van der Waals surface area (Å²) in [5, 5.41) is 8.31. The van der Waals surface area contributed by atoms with Crippen LogP contribution < -0.4 is 15.4 Å². The Bertz CT molecular complexity index is 2000. The van der Waals surface area contributed by atoms with Gasteiger partial charge in [-0.3, -0.25) is 9.80 Å². The Morgan fingerprint density at radius 1 is 0.882 bits per heavy atom. The summed E-state index contributed by atoms with van der Waals surface area (Å²) in [6, 6.07) is 16.4. The van der Waals surface area contributed by atoms with E-state index >= 15 is 0 Å². The molecule has 266 valence electrons. The van der Waals surface area contributed by atoms with Gasteiger partial charge in [-0.05, 0) is 93.6 Å². The number of benzene rings is 2. The Morgan fingerprint density at radius 3 is 2.63 bits per heavy atom. The maximum Gasteiger partial charge on any atom is 0.335 e. The molecule has 0 unspecified atom stereocenters. The number of esters is 1. The molecule has 0 amide bonds. The van der Waals surface area contributed by atoms with Gasteiger partial charge in [0, 0.05) is 71.4 Å². The zero-order valence-electron chi connectivity index (χ0n) is 29.8. The van der Waals surface area contributed by atoms with Gasteiger partial charge in [-0.25, -0.2) is 4.79 Å². The molecule has 9 nitrogen and oxygen atoms in total. The van der Waals surface area contributed by atoms with Gasteiger partial charge in [-0.1, -0.05) is 30.3 Å². The minimum absolute atomic E-state index is 0.0262. The summed E-state index contributed by atoms with van der Waals surface area (Å²) in [6.07, 6.45) is 8.85. The predicted molar refractivity (Wildman–Crippen MR) is 190 cm³/mol.